The van der Waals surface area contributed by atoms with E-state index in [2.05, 4.69) is 80.7 Å². The summed E-state index contributed by atoms with van der Waals surface area (Å²) in [5.41, 5.74) is 3.80. The Morgan fingerprint density at radius 2 is 1.50 bits per heavy atom. The van der Waals surface area contributed by atoms with E-state index in [1.54, 1.807) is 29.0 Å². The second kappa shape index (κ2) is 14.9. The molecule has 6 aromatic rings. The van der Waals surface area contributed by atoms with E-state index in [1.807, 2.05) is 41.5 Å². The van der Waals surface area contributed by atoms with Gasteiger partial charge >= 0.3 is 0 Å². The van der Waals surface area contributed by atoms with Crippen LogP contribution in [-0.2, 0) is 30.3 Å². The van der Waals surface area contributed by atoms with Crippen molar-refractivity contribution in [1.29, 1.82) is 0 Å². The van der Waals surface area contributed by atoms with Crippen LogP contribution in [0.5, 0.6) is 0 Å². The van der Waals surface area contributed by atoms with Crippen molar-refractivity contribution in [2.75, 3.05) is 0 Å². The molecule has 48 heavy (non-hydrogen) atoms. The molecule has 1 radical (unpaired) electrons. The van der Waals surface area contributed by atoms with Crippen LogP contribution in [0, 0.1) is 16.9 Å². The zero-order chi connectivity index (χ0) is 34.1. The van der Waals surface area contributed by atoms with Crippen molar-refractivity contribution in [3.8, 4) is 11.3 Å². The van der Waals surface area contributed by atoms with Gasteiger partial charge < -0.3 is 5.11 Å². The van der Waals surface area contributed by atoms with Crippen molar-refractivity contribution in [2.45, 2.75) is 93.4 Å². The first-order chi connectivity index (χ1) is 22.3. The molecule has 0 aliphatic carbocycles. The SMILES string of the molecule is CC(C)(C)c1cc(-c2ncnc3c2sc2ccc4sccc4c23)[c-]c2ccccc12.CCC(C)(CC)C(=O)/C=C(\O)C(C)(CC)CC.[Ir]. The van der Waals surface area contributed by atoms with E-state index < -0.39 is 0 Å². The molecular formula is C41H47IrN2O2S2-. The van der Waals surface area contributed by atoms with Gasteiger partial charge in [-0.25, -0.2) is 4.98 Å². The number of carbonyl (C=O) groups is 1. The molecule has 0 fully saturated rings. The van der Waals surface area contributed by atoms with Crippen LogP contribution in [-0.4, -0.2) is 20.9 Å². The summed E-state index contributed by atoms with van der Waals surface area (Å²) in [6, 6.07) is 21.1. The average Bonchev–Trinajstić information content (AvgIpc) is 3.71. The van der Waals surface area contributed by atoms with E-state index in [0.29, 0.717) is 0 Å². The molecule has 0 bridgehead atoms. The first-order valence-corrected chi connectivity index (χ1v) is 18.4. The fourth-order valence-corrected chi connectivity index (χ4v) is 7.94. The summed E-state index contributed by atoms with van der Waals surface area (Å²) in [5.74, 6) is 0.286. The molecule has 0 saturated carbocycles. The minimum Gasteiger partial charge on any atom is -0.512 e. The van der Waals surface area contributed by atoms with Gasteiger partial charge in [-0.05, 0) is 54.7 Å². The first kappa shape index (κ1) is 37.9. The van der Waals surface area contributed by atoms with Crippen LogP contribution in [0.2, 0.25) is 0 Å². The van der Waals surface area contributed by atoms with Gasteiger partial charge in [0.05, 0.1) is 5.52 Å². The van der Waals surface area contributed by atoms with Crippen LogP contribution in [0.25, 0.3) is 52.4 Å². The fourth-order valence-electron chi connectivity index (χ4n) is 5.97. The van der Waals surface area contributed by atoms with E-state index >= 15 is 0 Å². The van der Waals surface area contributed by atoms with Crippen LogP contribution in [0.1, 0.15) is 93.6 Å². The second-order valence-corrected chi connectivity index (χ2v) is 16.1. The molecule has 0 amide bonds. The Bertz CT molecular complexity index is 2090. The van der Waals surface area contributed by atoms with Crippen LogP contribution < -0.4 is 0 Å². The predicted octanol–water partition coefficient (Wildman–Crippen LogP) is 12.6. The molecule has 0 saturated heterocycles. The quantitative estimate of drug-likeness (QED) is 0.0941. The summed E-state index contributed by atoms with van der Waals surface area (Å²) in [6.07, 6.45) is 6.46. The van der Waals surface area contributed by atoms with Crippen LogP contribution in [0.3, 0.4) is 0 Å². The number of thiophene rings is 2. The molecule has 6 rings (SSSR count). The third-order valence-electron chi connectivity index (χ3n) is 10.3. The summed E-state index contributed by atoms with van der Waals surface area (Å²) in [6.45, 7) is 18.9. The molecule has 0 aliphatic heterocycles. The van der Waals surface area contributed by atoms with Crippen molar-refractivity contribution >= 4 is 69.6 Å². The van der Waals surface area contributed by atoms with Crippen molar-refractivity contribution in [3.63, 3.8) is 0 Å². The maximum absolute atomic E-state index is 12.2. The number of allylic oxidation sites excluding steroid dienone is 2. The molecule has 4 nitrogen and oxygen atoms in total. The van der Waals surface area contributed by atoms with Gasteiger partial charge in [-0.3, -0.25) is 9.78 Å². The van der Waals surface area contributed by atoms with E-state index in [9.17, 15) is 9.90 Å². The van der Waals surface area contributed by atoms with E-state index in [4.69, 9.17) is 9.97 Å². The van der Waals surface area contributed by atoms with E-state index in [1.165, 1.54) is 37.2 Å². The summed E-state index contributed by atoms with van der Waals surface area (Å²) in [5, 5.41) is 17.2. The Balaban J connectivity index is 0.000000251. The summed E-state index contributed by atoms with van der Waals surface area (Å²) >= 11 is 3.56. The molecule has 0 unspecified atom stereocenters. The van der Waals surface area contributed by atoms with Crippen LogP contribution in [0.15, 0.2) is 72.1 Å². The zero-order valence-electron chi connectivity index (χ0n) is 29.6. The van der Waals surface area contributed by atoms with Crippen molar-refractivity contribution in [3.05, 3.63) is 83.7 Å². The first-order valence-electron chi connectivity index (χ1n) is 16.7. The zero-order valence-corrected chi connectivity index (χ0v) is 33.6. The number of ketones is 1. The molecule has 3 aromatic carbocycles. The standard InChI is InChI=1S/C26H19N2S2.C15H28O2.Ir/c1-26(2,3)19-13-16(12-15-6-4-5-7-17(15)19)23-25-24(28-14-27-23)22-18-10-11-29-20(18)8-9-21(22)30-25;1-7-14(5,8-2)12(16)11-13(17)15(6,9-3)10-4;/h4-11,13-14H,1-3H3;11,16H,7-10H2,1-6H3;/q-1;;/b;12-11-;. The summed E-state index contributed by atoms with van der Waals surface area (Å²) < 4.78 is 3.70. The summed E-state index contributed by atoms with van der Waals surface area (Å²) in [7, 11) is 0. The molecule has 7 heteroatoms. The van der Waals surface area contributed by atoms with Crippen LogP contribution in [0.4, 0.5) is 0 Å². The van der Waals surface area contributed by atoms with Gasteiger partial charge in [-0.1, -0.05) is 91.5 Å². The predicted molar refractivity (Wildman–Crippen MR) is 204 cm³/mol. The number of aromatic nitrogens is 2. The molecule has 255 valence electrons. The molecule has 0 aliphatic rings. The number of aliphatic hydroxyl groups is 1. The molecule has 0 atom stereocenters. The number of rotatable bonds is 8. The van der Waals surface area contributed by atoms with Gasteiger partial charge in [0.2, 0.25) is 0 Å². The minimum absolute atomic E-state index is 0. The normalized spacial score (nSPS) is 12.7. The molecule has 0 spiro atoms. The number of carbonyl (C=O) groups excluding carboxylic acids is 1. The smallest absolute Gasteiger partial charge is 0.164 e. The maximum atomic E-state index is 12.2. The van der Waals surface area contributed by atoms with E-state index in [0.717, 1.165) is 52.5 Å². The number of nitrogens with zero attached hydrogens (tertiary/aromatic N) is 2. The Labute approximate surface area is 307 Å². The van der Waals surface area contributed by atoms with Gasteiger partial charge in [0, 0.05) is 67.6 Å². The van der Waals surface area contributed by atoms with E-state index in [-0.39, 0.29) is 47.9 Å². The van der Waals surface area contributed by atoms with Gasteiger partial charge in [-0.15, -0.1) is 51.8 Å². The Morgan fingerprint density at radius 3 is 2.15 bits per heavy atom. The Kier molecular flexibility index (Phi) is 11.7. The maximum Gasteiger partial charge on any atom is 0.164 e. The molecular weight excluding hydrogens is 809 g/mol. The number of fused-ring (bicyclic) bond motifs is 6. The number of benzene rings is 3. The van der Waals surface area contributed by atoms with Crippen LogP contribution >= 0.6 is 22.7 Å². The molecule has 3 aromatic heterocycles. The third kappa shape index (κ3) is 7.16. The van der Waals surface area contributed by atoms with Gasteiger partial charge in [-0.2, -0.15) is 0 Å². The largest absolute Gasteiger partial charge is 0.512 e. The average molecular weight is 856 g/mol. The van der Waals surface area contributed by atoms with Crippen molar-refractivity contribution in [2.24, 2.45) is 10.8 Å². The third-order valence-corrected chi connectivity index (χ3v) is 12.3. The monoisotopic (exact) mass is 856 g/mol. The van der Waals surface area contributed by atoms with Gasteiger partial charge in [0.1, 0.15) is 12.1 Å². The van der Waals surface area contributed by atoms with Gasteiger partial charge in [0.25, 0.3) is 0 Å². The molecule has 1 N–H and O–H groups in total. The van der Waals surface area contributed by atoms with Crippen molar-refractivity contribution < 1.29 is 30.0 Å². The Morgan fingerprint density at radius 1 is 0.854 bits per heavy atom. The summed E-state index contributed by atoms with van der Waals surface area (Å²) in [4.78, 5) is 21.6. The number of aliphatic hydroxyl groups excluding tert-OH is 1. The number of hydrogen-bond donors (Lipinski definition) is 1. The Hall–Kier alpha value is -2.96. The second-order valence-electron chi connectivity index (χ2n) is 14.1. The number of hydrogen-bond acceptors (Lipinski definition) is 6. The van der Waals surface area contributed by atoms with Gasteiger partial charge in [0.15, 0.2) is 5.78 Å². The fraction of sp³-hybridized carbons (Fsp3) is 0.390. The topological polar surface area (TPSA) is 63.1 Å². The minimum atomic E-state index is -0.337. The molecule has 3 heterocycles. The van der Waals surface area contributed by atoms with Crippen molar-refractivity contribution in [1.82, 2.24) is 9.97 Å².